The maximum Gasteiger partial charge on any atom is 0.343 e. The molecule has 0 unspecified atom stereocenters. The third kappa shape index (κ3) is 3.78. The summed E-state index contributed by atoms with van der Waals surface area (Å²) in [5.74, 6) is 0.174. The third-order valence-corrected chi connectivity index (χ3v) is 4.88. The van der Waals surface area contributed by atoms with Crippen molar-refractivity contribution in [2.24, 2.45) is 0 Å². The molecule has 29 heavy (non-hydrogen) atoms. The number of hydrogen-bond donors (Lipinski definition) is 0. The average Bonchev–Trinajstić information content (AvgIpc) is 3.11. The lowest BCUT2D eigenvalue weighted by Gasteiger charge is -2.25. The molecular weight excluding hydrogens is 360 g/mol. The summed E-state index contributed by atoms with van der Waals surface area (Å²) >= 11 is 0. The van der Waals surface area contributed by atoms with Gasteiger partial charge in [-0.1, -0.05) is 66.7 Å². The van der Waals surface area contributed by atoms with Crippen molar-refractivity contribution < 1.29 is 9.53 Å². The number of anilines is 1. The molecule has 0 saturated heterocycles. The van der Waals surface area contributed by atoms with Gasteiger partial charge in [0.2, 0.25) is 0 Å². The Balaban J connectivity index is 1.78. The molecule has 4 aromatic rings. The normalized spacial score (nSPS) is 10.6. The molecule has 1 heterocycles. The van der Waals surface area contributed by atoms with E-state index < -0.39 is 0 Å². The van der Waals surface area contributed by atoms with Crippen LogP contribution in [-0.2, 0) is 0 Å². The van der Waals surface area contributed by atoms with E-state index in [1.54, 1.807) is 12.1 Å². The zero-order valence-electron chi connectivity index (χ0n) is 16.4. The maximum atomic E-state index is 12.6. The second-order valence-corrected chi connectivity index (χ2v) is 6.77. The van der Waals surface area contributed by atoms with Gasteiger partial charge in [-0.3, -0.25) is 9.69 Å². The number of benzene rings is 3. The Morgan fingerprint density at radius 3 is 2.00 bits per heavy atom. The van der Waals surface area contributed by atoms with Crippen LogP contribution in [0.2, 0.25) is 0 Å². The molecule has 0 aliphatic carbocycles. The van der Waals surface area contributed by atoms with Crippen LogP contribution in [0.15, 0.2) is 97.1 Å². The predicted molar refractivity (Wildman–Crippen MR) is 116 cm³/mol. The van der Waals surface area contributed by atoms with E-state index in [0.29, 0.717) is 11.3 Å². The summed E-state index contributed by atoms with van der Waals surface area (Å²) in [6.07, 6.45) is 0. The highest BCUT2D eigenvalue weighted by Crippen LogP contribution is 2.33. The van der Waals surface area contributed by atoms with E-state index in [2.05, 4.69) is 9.69 Å². The fourth-order valence-corrected chi connectivity index (χ4v) is 3.37. The van der Waals surface area contributed by atoms with Gasteiger partial charge in [0.25, 0.3) is 0 Å². The van der Waals surface area contributed by atoms with E-state index in [9.17, 15) is 4.79 Å². The minimum Gasteiger partial charge on any atom is -0.421 e. The number of nitrogens with zero attached hydrogens (tertiary/aromatic N) is 2. The first-order valence-corrected chi connectivity index (χ1v) is 9.49. The van der Waals surface area contributed by atoms with Gasteiger partial charge >= 0.3 is 5.97 Å². The summed E-state index contributed by atoms with van der Waals surface area (Å²) < 4.78 is 7.84. The van der Waals surface area contributed by atoms with Gasteiger partial charge in [0.1, 0.15) is 0 Å². The van der Waals surface area contributed by atoms with Crippen molar-refractivity contribution in [1.82, 2.24) is 4.68 Å². The van der Waals surface area contributed by atoms with Gasteiger partial charge in [-0.25, -0.2) is 4.79 Å². The SMILES string of the molecule is Cc1c(OC(=O)c2ccccc2)cc(-c2ccccc2)n1N(C)c1ccccc1. The van der Waals surface area contributed by atoms with Crippen LogP contribution in [0, 0.1) is 6.92 Å². The summed E-state index contributed by atoms with van der Waals surface area (Å²) in [5.41, 5.74) is 4.40. The molecule has 0 aliphatic heterocycles. The molecule has 4 heteroatoms. The van der Waals surface area contributed by atoms with Gasteiger partial charge < -0.3 is 4.74 Å². The van der Waals surface area contributed by atoms with Crippen LogP contribution in [0.4, 0.5) is 5.69 Å². The van der Waals surface area contributed by atoms with Crippen LogP contribution < -0.4 is 9.75 Å². The van der Waals surface area contributed by atoms with Crippen LogP contribution in [0.3, 0.4) is 0 Å². The first-order chi connectivity index (χ1) is 14.1. The molecule has 3 aromatic carbocycles. The van der Waals surface area contributed by atoms with Gasteiger partial charge in [0.05, 0.1) is 22.6 Å². The van der Waals surface area contributed by atoms with Crippen molar-refractivity contribution in [2.45, 2.75) is 6.92 Å². The number of carbonyl (C=O) groups is 1. The largest absolute Gasteiger partial charge is 0.421 e. The molecule has 1 aromatic heterocycles. The van der Waals surface area contributed by atoms with Crippen LogP contribution in [0.5, 0.6) is 5.75 Å². The fourth-order valence-electron chi connectivity index (χ4n) is 3.37. The minimum atomic E-state index is -0.368. The van der Waals surface area contributed by atoms with E-state index in [1.165, 1.54) is 0 Å². The van der Waals surface area contributed by atoms with Gasteiger partial charge in [-0.15, -0.1) is 0 Å². The second-order valence-electron chi connectivity index (χ2n) is 6.77. The van der Waals surface area contributed by atoms with E-state index in [-0.39, 0.29) is 5.97 Å². The summed E-state index contributed by atoms with van der Waals surface area (Å²) in [4.78, 5) is 12.6. The van der Waals surface area contributed by atoms with Crippen molar-refractivity contribution in [3.05, 3.63) is 108 Å². The van der Waals surface area contributed by atoms with E-state index in [1.807, 2.05) is 98.9 Å². The average molecular weight is 382 g/mol. The summed E-state index contributed by atoms with van der Waals surface area (Å²) in [5, 5.41) is 2.05. The predicted octanol–water partition coefficient (Wildman–Crippen LogP) is 5.58. The topological polar surface area (TPSA) is 34.5 Å². The molecule has 4 nitrogen and oxygen atoms in total. The number of para-hydroxylation sites is 1. The highest BCUT2D eigenvalue weighted by molar-refractivity contribution is 5.91. The van der Waals surface area contributed by atoms with Crippen LogP contribution in [0.1, 0.15) is 16.1 Å². The van der Waals surface area contributed by atoms with Gasteiger partial charge in [0.15, 0.2) is 5.75 Å². The highest BCUT2D eigenvalue weighted by Gasteiger charge is 2.20. The van der Waals surface area contributed by atoms with E-state index in [4.69, 9.17) is 4.74 Å². The Hall–Kier alpha value is -3.79. The Kier molecular flexibility index (Phi) is 5.16. The molecule has 0 radical (unpaired) electrons. The molecule has 4 rings (SSSR count). The highest BCUT2D eigenvalue weighted by atomic mass is 16.5. The molecule has 0 N–H and O–H groups in total. The maximum absolute atomic E-state index is 12.6. The Bertz CT molecular complexity index is 1100. The zero-order valence-corrected chi connectivity index (χ0v) is 16.4. The number of carbonyl (C=O) groups excluding carboxylic acids is 1. The Labute approximate surface area is 170 Å². The first kappa shape index (κ1) is 18.6. The van der Waals surface area contributed by atoms with Gasteiger partial charge in [-0.2, -0.15) is 0 Å². The number of aromatic nitrogens is 1. The molecule has 0 amide bonds. The van der Waals surface area contributed by atoms with Crippen molar-refractivity contribution in [3.63, 3.8) is 0 Å². The van der Waals surface area contributed by atoms with Crippen LogP contribution in [-0.4, -0.2) is 17.7 Å². The number of rotatable bonds is 5. The van der Waals surface area contributed by atoms with Crippen molar-refractivity contribution in [1.29, 1.82) is 0 Å². The quantitative estimate of drug-likeness (QED) is 0.423. The lowest BCUT2D eigenvalue weighted by Crippen LogP contribution is -2.26. The van der Waals surface area contributed by atoms with Crippen molar-refractivity contribution in [3.8, 4) is 17.0 Å². The number of hydrogen-bond acceptors (Lipinski definition) is 3. The van der Waals surface area contributed by atoms with Crippen LogP contribution >= 0.6 is 0 Å². The van der Waals surface area contributed by atoms with E-state index in [0.717, 1.165) is 22.6 Å². The molecule has 0 atom stereocenters. The Morgan fingerprint density at radius 2 is 1.38 bits per heavy atom. The molecule has 0 spiro atoms. The summed E-state index contributed by atoms with van der Waals surface area (Å²) in [7, 11) is 2.00. The molecule has 144 valence electrons. The number of ether oxygens (including phenoxy) is 1. The summed E-state index contributed by atoms with van der Waals surface area (Å²) in [6, 6.07) is 31.1. The van der Waals surface area contributed by atoms with Gasteiger partial charge in [-0.05, 0) is 31.2 Å². The molecule has 0 bridgehead atoms. The summed E-state index contributed by atoms with van der Waals surface area (Å²) in [6.45, 7) is 1.96. The smallest absolute Gasteiger partial charge is 0.343 e. The molecular formula is C25H22N2O2. The van der Waals surface area contributed by atoms with Gasteiger partial charge in [0, 0.05) is 18.7 Å². The number of esters is 1. The van der Waals surface area contributed by atoms with E-state index >= 15 is 0 Å². The van der Waals surface area contributed by atoms with Crippen molar-refractivity contribution in [2.75, 3.05) is 12.1 Å². The molecule has 0 fully saturated rings. The fraction of sp³-hybridized carbons (Fsp3) is 0.0800. The Morgan fingerprint density at radius 1 is 0.828 bits per heavy atom. The zero-order chi connectivity index (χ0) is 20.2. The van der Waals surface area contributed by atoms with Crippen LogP contribution in [0.25, 0.3) is 11.3 Å². The molecule has 0 saturated carbocycles. The second kappa shape index (κ2) is 8.07. The lowest BCUT2D eigenvalue weighted by molar-refractivity contribution is 0.0733. The monoisotopic (exact) mass is 382 g/mol. The molecule has 0 aliphatic rings. The first-order valence-electron chi connectivity index (χ1n) is 9.49. The van der Waals surface area contributed by atoms with Crippen molar-refractivity contribution >= 4 is 11.7 Å². The minimum absolute atomic E-state index is 0.368. The third-order valence-electron chi connectivity index (χ3n) is 4.88. The lowest BCUT2D eigenvalue weighted by atomic mass is 10.1. The standard InChI is InChI=1S/C25H22N2O2/c1-19-24(29-25(28)21-14-8-4-9-15-21)18-23(20-12-6-3-7-13-20)27(19)26(2)22-16-10-5-11-17-22/h3-18H,1-2H3.